The number of benzene rings is 1. The molecular weight excluding hydrogens is 501 g/mol. The number of aliphatic hydroxyl groups is 2. The van der Waals surface area contributed by atoms with Gasteiger partial charge in [-0.3, -0.25) is 33.8 Å². The lowest BCUT2D eigenvalue weighted by Gasteiger charge is -2.52. The summed E-state index contributed by atoms with van der Waals surface area (Å²) in [5.74, 6) is -12.4. The number of likely N-dealkylation sites (tertiary alicyclic amines) is 1. The van der Waals surface area contributed by atoms with Gasteiger partial charge in [0.15, 0.2) is 34.7 Å². The Morgan fingerprint density at radius 1 is 1.21 bits per heavy atom. The van der Waals surface area contributed by atoms with Gasteiger partial charge >= 0.3 is 0 Å². The summed E-state index contributed by atoms with van der Waals surface area (Å²) in [5, 5.41) is 31.5. The Hall–Kier alpha value is -3.06. The number of fused-ring (bicyclic) bond motifs is 3. The summed E-state index contributed by atoms with van der Waals surface area (Å²) in [5.41, 5.74) is 2.23. The first-order valence-electron chi connectivity index (χ1n) is 12.5. The molecule has 11 nitrogen and oxygen atoms in total. The highest BCUT2D eigenvalue weighted by molar-refractivity contribution is 6.32. The molecule has 3 aliphatic carbocycles. The molecule has 0 aromatic heterocycles. The Labute approximate surface area is 217 Å². The van der Waals surface area contributed by atoms with Gasteiger partial charge in [-0.25, -0.2) is 4.39 Å². The van der Waals surface area contributed by atoms with Crippen LogP contribution in [0, 0.1) is 35.4 Å². The zero-order valence-corrected chi connectivity index (χ0v) is 21.0. The molecule has 6 atom stereocenters. The number of nitrogens with two attached hydrogens (primary N) is 1. The number of Topliss-reactive ketones (excluding diaryl/α,β-unsaturated/α-hetero) is 4. The van der Waals surface area contributed by atoms with E-state index in [9.17, 15) is 39.3 Å². The van der Waals surface area contributed by atoms with Crippen molar-refractivity contribution >= 4 is 29.0 Å². The standard InChI is InChI=1S/C26H30FN3O8/c1-29(2)20-14-4-11-3-13-17(15(32)5-12(19(13)27)8-30-6-10(7-30)9-31)21(33)16(11)23(35)26(14,38)24(36)18(22(20)34)25(28)37/h5,10-11,14,16,18,20,31-32,38H,3-4,6-9H2,1-2H3,(H2,28,37)/t11-,14-,16?,18?,20-,26-/m0/s1. The number of phenols is 1. The van der Waals surface area contributed by atoms with Crippen LogP contribution in [-0.2, 0) is 32.1 Å². The second kappa shape index (κ2) is 9.01. The quantitative estimate of drug-likeness (QED) is 0.325. The fourth-order valence-electron chi connectivity index (χ4n) is 6.98. The monoisotopic (exact) mass is 531 g/mol. The summed E-state index contributed by atoms with van der Waals surface area (Å²) in [6.07, 6.45) is -0.267. The number of amides is 1. The number of hydrogen-bond acceptors (Lipinski definition) is 10. The molecular formula is C26H30FN3O8. The molecule has 0 radical (unpaired) electrons. The highest BCUT2D eigenvalue weighted by atomic mass is 19.1. The zero-order chi connectivity index (χ0) is 27.8. The fourth-order valence-corrected chi connectivity index (χ4v) is 6.98. The number of halogens is 1. The first kappa shape index (κ1) is 26.5. The van der Waals surface area contributed by atoms with E-state index in [0.29, 0.717) is 13.1 Å². The number of carbonyl (C=O) groups excluding carboxylic acids is 5. The van der Waals surface area contributed by atoms with Gasteiger partial charge < -0.3 is 21.1 Å². The number of primary amides is 1. The van der Waals surface area contributed by atoms with Crippen molar-refractivity contribution in [1.82, 2.24) is 9.80 Å². The third-order valence-electron chi connectivity index (χ3n) is 8.75. The molecule has 5 rings (SSSR count). The Morgan fingerprint density at radius 3 is 2.45 bits per heavy atom. The maximum Gasteiger partial charge on any atom is 0.235 e. The third-order valence-corrected chi connectivity index (χ3v) is 8.75. The lowest BCUT2D eigenvalue weighted by molar-refractivity contribution is -0.181. The fraction of sp³-hybridized carbons (Fsp3) is 0.577. The Bertz CT molecular complexity index is 1280. The predicted octanol–water partition coefficient (Wildman–Crippen LogP) is -1.57. The molecule has 4 aliphatic rings. The summed E-state index contributed by atoms with van der Waals surface area (Å²) in [6.45, 7) is 1.30. The molecule has 1 aromatic carbocycles. The lowest BCUT2D eigenvalue weighted by atomic mass is 9.52. The Balaban J connectivity index is 1.55. The minimum absolute atomic E-state index is 0.0205. The SMILES string of the molecule is CN(C)[C@@H]1C(=O)C(C(N)=O)C(=O)[C@@]2(O)C(=O)C3C(=O)c4c(O)cc(CN5CC(CO)C5)c(F)c4C[C@H]3C[C@@H]12. The second-order valence-corrected chi connectivity index (χ2v) is 11.3. The van der Waals surface area contributed by atoms with E-state index in [4.69, 9.17) is 5.73 Å². The summed E-state index contributed by atoms with van der Waals surface area (Å²) >= 11 is 0. The van der Waals surface area contributed by atoms with E-state index in [1.807, 2.05) is 4.90 Å². The minimum atomic E-state index is -2.81. The van der Waals surface area contributed by atoms with Crippen LogP contribution in [0.3, 0.4) is 0 Å². The topological polar surface area (TPSA) is 179 Å². The molecule has 2 saturated carbocycles. The maximum absolute atomic E-state index is 15.7. The number of aromatic hydroxyl groups is 1. The van der Waals surface area contributed by atoms with Gasteiger partial charge in [0, 0.05) is 49.2 Å². The van der Waals surface area contributed by atoms with Crippen LogP contribution < -0.4 is 5.73 Å². The molecule has 3 fully saturated rings. The number of carbonyl (C=O) groups is 5. The van der Waals surface area contributed by atoms with Crippen molar-refractivity contribution < 1.29 is 43.7 Å². The molecule has 1 saturated heterocycles. The summed E-state index contributed by atoms with van der Waals surface area (Å²) in [4.78, 5) is 68.9. The molecule has 2 unspecified atom stereocenters. The first-order chi connectivity index (χ1) is 17.8. The van der Waals surface area contributed by atoms with Crippen LogP contribution in [0.2, 0.25) is 0 Å². The Morgan fingerprint density at radius 2 is 1.87 bits per heavy atom. The van der Waals surface area contributed by atoms with Crippen LogP contribution in [0.4, 0.5) is 4.39 Å². The van der Waals surface area contributed by atoms with Gasteiger partial charge in [-0.1, -0.05) is 0 Å². The van der Waals surface area contributed by atoms with Gasteiger partial charge in [-0.15, -0.1) is 0 Å². The average molecular weight is 532 g/mol. The van der Waals surface area contributed by atoms with E-state index in [-0.39, 0.29) is 48.6 Å². The van der Waals surface area contributed by atoms with Crippen molar-refractivity contribution in [2.24, 2.45) is 35.3 Å². The van der Waals surface area contributed by atoms with Crippen molar-refractivity contribution in [3.63, 3.8) is 0 Å². The summed E-state index contributed by atoms with van der Waals surface area (Å²) in [6, 6.07) is -0.0777. The number of rotatable bonds is 5. The van der Waals surface area contributed by atoms with Gasteiger partial charge in [0.05, 0.1) is 17.5 Å². The van der Waals surface area contributed by atoms with Crippen molar-refractivity contribution in [1.29, 1.82) is 0 Å². The smallest absolute Gasteiger partial charge is 0.235 e. The number of hydrogen-bond donors (Lipinski definition) is 4. The van der Waals surface area contributed by atoms with Crippen LogP contribution in [0.1, 0.15) is 27.9 Å². The highest BCUT2D eigenvalue weighted by Gasteiger charge is 2.69. The molecule has 12 heteroatoms. The molecule has 0 bridgehead atoms. The van der Waals surface area contributed by atoms with E-state index in [1.165, 1.54) is 19.0 Å². The molecule has 1 amide bonds. The molecule has 1 aromatic rings. The van der Waals surface area contributed by atoms with Crippen LogP contribution in [0.15, 0.2) is 6.07 Å². The summed E-state index contributed by atoms with van der Waals surface area (Å²) < 4.78 is 15.7. The van der Waals surface area contributed by atoms with Crippen LogP contribution in [0.5, 0.6) is 5.75 Å². The van der Waals surface area contributed by atoms with E-state index >= 15 is 4.39 Å². The van der Waals surface area contributed by atoms with E-state index in [0.717, 1.165) is 6.07 Å². The van der Waals surface area contributed by atoms with Crippen molar-refractivity contribution in [3.05, 3.63) is 28.6 Å². The zero-order valence-electron chi connectivity index (χ0n) is 21.0. The molecule has 204 valence electrons. The molecule has 1 heterocycles. The lowest BCUT2D eigenvalue weighted by Crippen LogP contribution is -2.74. The van der Waals surface area contributed by atoms with Crippen LogP contribution in [0.25, 0.3) is 0 Å². The molecule has 0 spiro atoms. The first-order valence-corrected chi connectivity index (χ1v) is 12.5. The van der Waals surface area contributed by atoms with E-state index in [1.54, 1.807) is 0 Å². The molecule has 38 heavy (non-hydrogen) atoms. The average Bonchev–Trinajstić information content (AvgIpc) is 2.80. The number of likely N-dealkylation sites (N-methyl/N-ethyl adjacent to an activating group) is 1. The number of aliphatic hydroxyl groups excluding tert-OH is 1. The predicted molar refractivity (Wildman–Crippen MR) is 127 cm³/mol. The van der Waals surface area contributed by atoms with Gasteiger partial charge in [0.1, 0.15) is 11.6 Å². The largest absolute Gasteiger partial charge is 0.507 e. The second-order valence-electron chi connectivity index (χ2n) is 11.3. The molecule has 5 N–H and O–H groups in total. The highest BCUT2D eigenvalue weighted by Crippen LogP contribution is 2.51. The minimum Gasteiger partial charge on any atom is -0.507 e. The van der Waals surface area contributed by atoms with E-state index < -0.39 is 75.9 Å². The molecule has 1 aliphatic heterocycles. The van der Waals surface area contributed by atoms with Gasteiger partial charge in [0.2, 0.25) is 5.91 Å². The van der Waals surface area contributed by atoms with Gasteiger partial charge in [-0.05, 0) is 38.9 Å². The maximum atomic E-state index is 15.7. The van der Waals surface area contributed by atoms with Crippen molar-refractivity contribution in [2.45, 2.75) is 31.0 Å². The summed E-state index contributed by atoms with van der Waals surface area (Å²) in [7, 11) is 2.99. The van der Waals surface area contributed by atoms with E-state index in [2.05, 4.69) is 0 Å². The van der Waals surface area contributed by atoms with Gasteiger partial charge in [0.25, 0.3) is 0 Å². The van der Waals surface area contributed by atoms with Gasteiger partial charge in [-0.2, -0.15) is 0 Å². The number of ketones is 4. The third kappa shape index (κ3) is 3.58. The number of nitrogens with zero attached hydrogens (tertiary/aromatic N) is 2. The van der Waals surface area contributed by atoms with Crippen LogP contribution in [-0.4, -0.2) is 99.6 Å². The normalized spacial score (nSPS) is 33.6. The van der Waals surface area contributed by atoms with Crippen molar-refractivity contribution in [3.8, 4) is 5.75 Å². The van der Waals surface area contributed by atoms with Crippen molar-refractivity contribution in [2.75, 3.05) is 33.8 Å². The Kier molecular flexibility index (Phi) is 6.29. The number of phenolic OH excluding ortho intramolecular Hbond substituents is 1. The van der Waals surface area contributed by atoms with Crippen LogP contribution >= 0.6 is 0 Å².